The maximum atomic E-state index is 12.9. The van der Waals surface area contributed by atoms with Crippen LogP contribution in [-0.4, -0.2) is 21.7 Å². The van der Waals surface area contributed by atoms with Gasteiger partial charge in [0.15, 0.2) is 5.13 Å². The van der Waals surface area contributed by atoms with Gasteiger partial charge in [0.05, 0.1) is 11.6 Å². The van der Waals surface area contributed by atoms with E-state index in [4.69, 9.17) is 17.3 Å². The summed E-state index contributed by atoms with van der Waals surface area (Å²) in [4.78, 5) is 28.2. The fourth-order valence-corrected chi connectivity index (χ4v) is 6.45. The van der Waals surface area contributed by atoms with E-state index in [1.165, 1.54) is 12.6 Å². The van der Waals surface area contributed by atoms with Crippen LogP contribution in [-0.2, 0) is 4.79 Å². The molecule has 4 aliphatic rings. The largest absolute Gasteiger partial charge is 0.365 e. The summed E-state index contributed by atoms with van der Waals surface area (Å²) in [6, 6.07) is 0. The summed E-state index contributed by atoms with van der Waals surface area (Å²) in [5, 5.41) is 3.34. The number of hydrogen-bond acceptors (Lipinski definition) is 4. The van der Waals surface area contributed by atoms with Crippen LogP contribution in [0.4, 0.5) is 5.13 Å². The van der Waals surface area contributed by atoms with Crippen LogP contribution in [0.1, 0.15) is 48.2 Å². The van der Waals surface area contributed by atoms with Crippen molar-refractivity contribution in [2.45, 2.75) is 43.4 Å². The molecule has 0 aliphatic heterocycles. The SMILES string of the molecule is NC(=O)c1cnc(NC(=O)C23CC4CC(CC(Cl)(C4)C2)C3)s1. The second-order valence-electron chi connectivity index (χ2n) is 7.24. The number of anilines is 1. The molecule has 0 radical (unpaired) electrons. The lowest BCUT2D eigenvalue weighted by atomic mass is 9.49. The van der Waals surface area contributed by atoms with E-state index in [0.717, 1.165) is 43.4 Å². The van der Waals surface area contributed by atoms with E-state index in [1.807, 2.05) is 0 Å². The van der Waals surface area contributed by atoms with Crippen LogP contribution in [0, 0.1) is 17.3 Å². The maximum Gasteiger partial charge on any atom is 0.260 e. The van der Waals surface area contributed by atoms with Crippen molar-refractivity contribution in [2.75, 3.05) is 5.32 Å². The number of alkyl halides is 1. The molecule has 2 atom stereocenters. The molecule has 1 heterocycles. The van der Waals surface area contributed by atoms with Crippen molar-refractivity contribution in [2.24, 2.45) is 23.0 Å². The van der Waals surface area contributed by atoms with E-state index in [2.05, 4.69) is 10.3 Å². The molecule has 0 spiro atoms. The Kier molecular flexibility index (Phi) is 3.07. The van der Waals surface area contributed by atoms with Crippen molar-refractivity contribution in [3.05, 3.63) is 11.1 Å². The molecule has 0 saturated heterocycles. The molecular weight excluding hydrogens is 322 g/mol. The first kappa shape index (κ1) is 14.5. The molecule has 2 unspecified atom stereocenters. The number of nitrogens with zero attached hydrogens (tertiary/aromatic N) is 1. The molecule has 118 valence electrons. The van der Waals surface area contributed by atoms with Crippen molar-refractivity contribution in [3.63, 3.8) is 0 Å². The molecule has 4 saturated carbocycles. The van der Waals surface area contributed by atoms with Gasteiger partial charge >= 0.3 is 0 Å². The predicted octanol–water partition coefficient (Wildman–Crippen LogP) is 2.76. The fraction of sp³-hybridized carbons (Fsp3) is 0.667. The van der Waals surface area contributed by atoms with Gasteiger partial charge in [-0.3, -0.25) is 9.59 Å². The first-order valence-corrected chi connectivity index (χ1v) is 8.83. The van der Waals surface area contributed by atoms with Gasteiger partial charge in [0.2, 0.25) is 5.91 Å². The van der Waals surface area contributed by atoms with Crippen molar-refractivity contribution < 1.29 is 9.59 Å². The van der Waals surface area contributed by atoms with Gasteiger partial charge < -0.3 is 11.1 Å². The van der Waals surface area contributed by atoms with Crippen molar-refractivity contribution in [1.82, 2.24) is 4.98 Å². The lowest BCUT2D eigenvalue weighted by molar-refractivity contribution is -0.138. The van der Waals surface area contributed by atoms with Gasteiger partial charge in [0.1, 0.15) is 4.88 Å². The van der Waals surface area contributed by atoms with Crippen molar-refractivity contribution in [1.29, 1.82) is 0 Å². The Balaban J connectivity index is 1.56. The molecular formula is C15H18ClN3O2S. The third-order valence-electron chi connectivity index (χ3n) is 5.44. The highest BCUT2D eigenvalue weighted by Gasteiger charge is 2.60. The fourth-order valence-electron chi connectivity index (χ4n) is 5.09. The van der Waals surface area contributed by atoms with Crippen LogP contribution in [0.2, 0.25) is 0 Å². The van der Waals surface area contributed by atoms with Gasteiger partial charge in [-0.1, -0.05) is 11.3 Å². The quantitative estimate of drug-likeness (QED) is 0.830. The number of thiazole rings is 1. The Morgan fingerprint density at radius 3 is 2.55 bits per heavy atom. The van der Waals surface area contributed by atoms with Gasteiger partial charge in [-0.15, -0.1) is 11.6 Å². The summed E-state index contributed by atoms with van der Waals surface area (Å²) >= 11 is 7.88. The van der Waals surface area contributed by atoms with E-state index >= 15 is 0 Å². The summed E-state index contributed by atoms with van der Waals surface area (Å²) in [6.07, 6.45) is 7.33. The molecule has 3 N–H and O–H groups in total. The number of hydrogen-bond donors (Lipinski definition) is 2. The summed E-state index contributed by atoms with van der Waals surface area (Å²) in [5.74, 6) is 0.633. The van der Waals surface area contributed by atoms with Gasteiger partial charge in [-0.2, -0.15) is 0 Å². The Labute approximate surface area is 137 Å². The monoisotopic (exact) mass is 339 g/mol. The van der Waals surface area contributed by atoms with E-state index in [-0.39, 0.29) is 16.2 Å². The minimum atomic E-state index is -0.521. The van der Waals surface area contributed by atoms with Gasteiger partial charge in [-0.25, -0.2) is 4.98 Å². The lowest BCUT2D eigenvalue weighted by Gasteiger charge is -2.59. The lowest BCUT2D eigenvalue weighted by Crippen LogP contribution is -2.57. The average molecular weight is 340 g/mol. The number of aromatic nitrogens is 1. The normalized spacial score (nSPS) is 39.0. The highest BCUT2D eigenvalue weighted by molar-refractivity contribution is 7.17. The predicted molar refractivity (Wildman–Crippen MR) is 85.0 cm³/mol. The van der Waals surface area contributed by atoms with Crippen LogP contribution < -0.4 is 11.1 Å². The standard InChI is InChI=1S/C15H18ClN3O2S/c16-15-4-8-1-9(5-15)3-14(2-8,7-15)12(21)19-13-18-6-10(22-13)11(17)20/h6,8-9H,1-5,7H2,(H2,17,20)(H,18,19,21). The average Bonchev–Trinajstić information content (AvgIpc) is 2.84. The number of rotatable bonds is 3. The Morgan fingerprint density at radius 1 is 1.32 bits per heavy atom. The Bertz CT molecular complexity index is 645. The maximum absolute atomic E-state index is 12.9. The van der Waals surface area contributed by atoms with E-state index < -0.39 is 5.91 Å². The summed E-state index contributed by atoms with van der Waals surface area (Å²) in [5.41, 5.74) is 4.87. The summed E-state index contributed by atoms with van der Waals surface area (Å²) in [7, 11) is 0. The van der Waals surface area contributed by atoms with E-state index in [9.17, 15) is 9.59 Å². The van der Waals surface area contributed by atoms with Crippen molar-refractivity contribution >= 4 is 39.9 Å². The Morgan fingerprint density at radius 2 is 2.00 bits per heavy atom. The van der Waals surface area contributed by atoms with Crippen LogP contribution in [0.25, 0.3) is 0 Å². The van der Waals surface area contributed by atoms with E-state index in [0.29, 0.717) is 21.8 Å². The molecule has 5 nitrogen and oxygen atoms in total. The minimum Gasteiger partial charge on any atom is -0.365 e. The second kappa shape index (κ2) is 4.68. The van der Waals surface area contributed by atoms with Crippen LogP contribution in [0.3, 0.4) is 0 Å². The number of primary amides is 1. The zero-order valence-electron chi connectivity index (χ0n) is 12.1. The topological polar surface area (TPSA) is 85.1 Å². The third-order valence-corrected chi connectivity index (χ3v) is 6.81. The van der Waals surface area contributed by atoms with Crippen LogP contribution in [0.15, 0.2) is 6.20 Å². The Hall–Kier alpha value is -1.14. The zero-order chi connectivity index (χ0) is 15.5. The molecule has 4 aliphatic carbocycles. The number of amides is 2. The molecule has 2 amide bonds. The van der Waals surface area contributed by atoms with E-state index in [1.54, 1.807) is 0 Å². The molecule has 1 aromatic heterocycles. The molecule has 4 bridgehead atoms. The number of nitrogens with one attached hydrogen (secondary N) is 1. The molecule has 22 heavy (non-hydrogen) atoms. The number of carbonyl (C=O) groups excluding carboxylic acids is 2. The van der Waals surface area contributed by atoms with Crippen molar-refractivity contribution in [3.8, 4) is 0 Å². The molecule has 0 aromatic carbocycles. The second-order valence-corrected chi connectivity index (χ2v) is 9.07. The van der Waals surface area contributed by atoms with Gasteiger partial charge in [0, 0.05) is 4.87 Å². The minimum absolute atomic E-state index is 0.0111. The third kappa shape index (κ3) is 2.24. The number of carbonyl (C=O) groups is 2. The zero-order valence-corrected chi connectivity index (χ0v) is 13.7. The molecule has 4 fully saturated rings. The highest BCUT2D eigenvalue weighted by Crippen LogP contribution is 2.64. The van der Waals surface area contributed by atoms with Crippen LogP contribution in [0.5, 0.6) is 0 Å². The number of nitrogens with two attached hydrogens (primary N) is 1. The number of halogens is 1. The first-order chi connectivity index (χ1) is 10.4. The molecule has 5 rings (SSSR count). The highest BCUT2D eigenvalue weighted by atomic mass is 35.5. The molecule has 7 heteroatoms. The van der Waals surface area contributed by atoms with Gasteiger partial charge in [0.25, 0.3) is 5.91 Å². The first-order valence-electron chi connectivity index (χ1n) is 7.64. The summed E-state index contributed by atoms with van der Waals surface area (Å²) in [6.45, 7) is 0. The smallest absolute Gasteiger partial charge is 0.260 e. The van der Waals surface area contributed by atoms with Gasteiger partial charge in [-0.05, 0) is 50.4 Å². The summed E-state index contributed by atoms with van der Waals surface area (Å²) < 4.78 is 0. The van der Waals surface area contributed by atoms with Crippen LogP contribution >= 0.6 is 22.9 Å². The molecule has 1 aromatic rings.